The van der Waals surface area contributed by atoms with Gasteiger partial charge in [0.1, 0.15) is 17.5 Å². The lowest BCUT2D eigenvalue weighted by Crippen LogP contribution is -2.44. The summed E-state index contributed by atoms with van der Waals surface area (Å²) in [6, 6.07) is 0. The molecule has 0 unspecified atom stereocenters. The molecule has 0 fully saturated rings. The van der Waals surface area contributed by atoms with Crippen LogP contribution in [0.3, 0.4) is 0 Å². The molecule has 2 heterocycles. The van der Waals surface area contributed by atoms with Gasteiger partial charge in [-0.25, -0.2) is 4.79 Å². The van der Waals surface area contributed by atoms with Gasteiger partial charge in [0, 0.05) is 0 Å². The zero-order valence-corrected chi connectivity index (χ0v) is 13.8. The minimum absolute atomic E-state index is 0.0914. The molecule has 0 amide bonds. The molecule has 22 heavy (non-hydrogen) atoms. The van der Waals surface area contributed by atoms with Gasteiger partial charge < -0.3 is 19.4 Å². The van der Waals surface area contributed by atoms with E-state index in [1.807, 2.05) is 6.92 Å². The summed E-state index contributed by atoms with van der Waals surface area (Å²) in [6.45, 7) is 9.19. The summed E-state index contributed by atoms with van der Waals surface area (Å²) in [7, 11) is 0. The molecule has 2 N–H and O–H groups in total. The molecule has 2 rings (SSSR count). The monoisotopic (exact) mass is 314 g/mol. The van der Waals surface area contributed by atoms with Crippen LogP contribution in [0.4, 0.5) is 0 Å². The molecule has 5 nitrogen and oxygen atoms in total. The molecule has 0 aliphatic carbocycles. The summed E-state index contributed by atoms with van der Waals surface area (Å²) in [5.41, 5.74) is -0.794. The average molecular weight is 314 g/mol. The van der Waals surface area contributed by atoms with E-state index in [2.05, 4.69) is 19.9 Å². The Morgan fingerprint density at radius 1 is 1.55 bits per heavy atom. The summed E-state index contributed by atoms with van der Waals surface area (Å²) >= 11 is 0. The molecule has 5 heteroatoms. The van der Waals surface area contributed by atoms with Gasteiger partial charge in [0.15, 0.2) is 5.76 Å². The van der Waals surface area contributed by atoms with Crippen LogP contribution in [-0.4, -0.2) is 16.3 Å². The largest absolute Gasteiger partial charge is 0.507 e. The molecule has 1 aromatic rings. The molecule has 0 spiro atoms. The molecular formula is C17H24O5. The zero-order valence-electron chi connectivity index (χ0n) is 13.8. The van der Waals surface area contributed by atoms with Crippen molar-refractivity contribution in [1.82, 2.24) is 0 Å². The van der Waals surface area contributed by atoms with Crippen molar-refractivity contribution in [3.8, 4) is 5.75 Å². The number of aliphatic hydroxyl groups is 1. The van der Waals surface area contributed by atoms with E-state index in [0.717, 1.165) is 12.0 Å². The molecule has 0 bridgehead atoms. The molecule has 3 atom stereocenters. The lowest BCUT2D eigenvalue weighted by molar-refractivity contribution is -0.122. The Balaban J connectivity index is 2.51. The van der Waals surface area contributed by atoms with Crippen LogP contribution in [0.2, 0.25) is 0 Å². The van der Waals surface area contributed by atoms with Gasteiger partial charge in [-0.2, -0.15) is 0 Å². The third-order valence-electron chi connectivity index (χ3n) is 4.39. The van der Waals surface area contributed by atoms with E-state index in [4.69, 9.17) is 9.15 Å². The van der Waals surface area contributed by atoms with Crippen molar-refractivity contribution in [2.24, 2.45) is 5.92 Å². The Morgan fingerprint density at radius 2 is 2.18 bits per heavy atom. The second-order valence-electron chi connectivity index (χ2n) is 6.31. The number of hydrogen-bond acceptors (Lipinski definition) is 5. The van der Waals surface area contributed by atoms with Crippen molar-refractivity contribution in [3.63, 3.8) is 0 Å². The minimum Gasteiger partial charge on any atom is -0.507 e. The molecular weight excluding hydrogens is 290 g/mol. The van der Waals surface area contributed by atoms with Gasteiger partial charge >= 0.3 is 5.63 Å². The molecule has 1 aliphatic rings. The molecule has 1 aliphatic heterocycles. The summed E-state index contributed by atoms with van der Waals surface area (Å²) in [5, 5.41) is 21.0. The Bertz CT molecular complexity index is 654. The molecule has 0 radical (unpaired) electrons. The number of rotatable bonds is 3. The Hall–Kier alpha value is -1.59. The van der Waals surface area contributed by atoms with Gasteiger partial charge in [-0.3, -0.25) is 0 Å². The van der Waals surface area contributed by atoms with Crippen molar-refractivity contribution in [3.05, 3.63) is 39.0 Å². The lowest BCUT2D eigenvalue weighted by atomic mass is 10.3. The highest BCUT2D eigenvalue weighted by Gasteiger charge is 2.45. The highest BCUT2D eigenvalue weighted by atomic mass is 16.6. The summed E-state index contributed by atoms with van der Waals surface area (Å²) in [4.78, 5) is 11.8. The van der Waals surface area contributed by atoms with E-state index < -0.39 is 17.3 Å². The van der Waals surface area contributed by atoms with Crippen LogP contribution in [0, 0.1) is 12.8 Å². The maximum absolute atomic E-state index is 11.8. The quantitative estimate of drug-likeness (QED) is 0.662. The Morgan fingerprint density at radius 3 is 2.77 bits per heavy atom. The normalized spacial score (nSPS) is 26.6. The van der Waals surface area contributed by atoms with Gasteiger partial charge in [-0.05, 0) is 32.3 Å². The van der Waals surface area contributed by atoms with E-state index in [1.165, 1.54) is 6.92 Å². The van der Waals surface area contributed by atoms with Gasteiger partial charge in [-0.1, -0.05) is 26.3 Å². The summed E-state index contributed by atoms with van der Waals surface area (Å²) in [6.07, 6.45) is 2.42. The molecule has 0 saturated heterocycles. The second kappa shape index (κ2) is 5.89. The van der Waals surface area contributed by atoms with Crippen LogP contribution in [0.1, 0.15) is 51.0 Å². The second-order valence-corrected chi connectivity index (χ2v) is 6.31. The number of ether oxygens (including phenoxy) is 1. The van der Waals surface area contributed by atoms with E-state index in [1.54, 1.807) is 6.92 Å². The third kappa shape index (κ3) is 2.71. The third-order valence-corrected chi connectivity index (χ3v) is 4.39. The molecule has 0 saturated carbocycles. The fourth-order valence-electron chi connectivity index (χ4n) is 2.88. The van der Waals surface area contributed by atoms with Gasteiger partial charge in [0.05, 0.1) is 17.7 Å². The van der Waals surface area contributed by atoms with Crippen molar-refractivity contribution in [1.29, 1.82) is 0 Å². The number of fused-ring (bicyclic) bond motifs is 1. The van der Waals surface area contributed by atoms with Crippen molar-refractivity contribution >= 4 is 0 Å². The predicted molar refractivity (Wildman–Crippen MR) is 82.7 cm³/mol. The van der Waals surface area contributed by atoms with Crippen molar-refractivity contribution in [2.75, 3.05) is 0 Å². The highest BCUT2D eigenvalue weighted by molar-refractivity contribution is 5.43. The minimum atomic E-state index is -1.51. The van der Waals surface area contributed by atoms with E-state index in [0.29, 0.717) is 11.5 Å². The maximum Gasteiger partial charge on any atom is 0.342 e. The van der Waals surface area contributed by atoms with E-state index >= 15 is 0 Å². The first-order chi connectivity index (χ1) is 10.2. The van der Waals surface area contributed by atoms with E-state index in [9.17, 15) is 15.0 Å². The molecule has 1 aromatic heterocycles. The van der Waals surface area contributed by atoms with Crippen LogP contribution >= 0.6 is 0 Å². The standard InChI is InChI=1S/C17H24O5/c1-6-9(2)7-10(3)14-17(5,20)15-12(8-21-14)13(18)11(4)16(19)22-15/h7,9,14,18,20H,6,8H2,1-5H3/b10-7+/t9-,14-,17+/m1/s1/i1+1,9+1,10+1,11+1,12+1,17+1. The van der Waals surface area contributed by atoms with Gasteiger partial charge in [-0.15, -0.1) is 0 Å². The number of hydrogen-bond donors (Lipinski definition) is 2. The number of allylic oxidation sites excluding steroid dienone is 1. The predicted octanol–water partition coefficient (Wildman–Crippen LogP) is 2.75. The molecule has 0 aromatic carbocycles. The van der Waals surface area contributed by atoms with Crippen LogP contribution < -0.4 is 5.63 Å². The maximum atomic E-state index is 11.8. The highest BCUT2D eigenvalue weighted by Crippen LogP contribution is 2.41. The summed E-state index contributed by atoms with van der Waals surface area (Å²) < 4.78 is 11.0. The first kappa shape index (κ1) is 16.8. The summed E-state index contributed by atoms with van der Waals surface area (Å²) in [5.74, 6) is 0.293. The van der Waals surface area contributed by atoms with Crippen molar-refractivity contribution in [2.45, 2.75) is 59.4 Å². The van der Waals surface area contributed by atoms with Gasteiger partial charge in [0.2, 0.25) is 0 Å². The van der Waals surface area contributed by atoms with E-state index in [-0.39, 0.29) is 23.7 Å². The van der Waals surface area contributed by atoms with Crippen LogP contribution in [0.25, 0.3) is 0 Å². The van der Waals surface area contributed by atoms with Crippen molar-refractivity contribution < 1.29 is 19.4 Å². The number of aromatic hydroxyl groups is 1. The van der Waals surface area contributed by atoms with Crippen LogP contribution in [0.15, 0.2) is 20.9 Å². The molecule has 122 valence electrons. The van der Waals surface area contributed by atoms with Gasteiger partial charge in [0.25, 0.3) is 0 Å². The lowest BCUT2D eigenvalue weighted by Gasteiger charge is -2.38. The fraction of sp³-hybridized carbons (Fsp3) is 0.588. The Kier molecular flexibility index (Phi) is 4.49. The Labute approximate surface area is 130 Å². The SMILES string of the molecule is C/[13C](=C\[13C@H](C)C[13CH3])[C@H]1OC[13c]2c(oc(=O)[13c](C)c2O)[13C@@]1(C)O. The first-order valence-corrected chi connectivity index (χ1v) is 7.58. The first-order valence-electron chi connectivity index (χ1n) is 7.58. The smallest absolute Gasteiger partial charge is 0.342 e. The topological polar surface area (TPSA) is 79.9 Å². The van der Waals surface area contributed by atoms with Crippen LogP contribution in [-0.2, 0) is 16.9 Å². The zero-order chi connectivity index (χ0) is 16.7. The average Bonchev–Trinajstić information content (AvgIpc) is 2.45. The fourth-order valence-corrected chi connectivity index (χ4v) is 2.88. The van der Waals surface area contributed by atoms with Crippen LogP contribution in [0.5, 0.6) is 5.75 Å².